The first-order chi connectivity index (χ1) is 10.1. The molecule has 2 rings (SSSR count). The number of urea groups is 1. The Bertz CT molecular complexity index is 605. The normalized spacial score (nSPS) is 12.0. The Morgan fingerprint density at radius 3 is 2.76 bits per heavy atom. The summed E-state index contributed by atoms with van der Waals surface area (Å²) in [4.78, 5) is 11.8. The molecule has 21 heavy (non-hydrogen) atoms. The van der Waals surface area contributed by atoms with Gasteiger partial charge in [0, 0.05) is 19.3 Å². The van der Waals surface area contributed by atoms with Crippen LogP contribution in [-0.2, 0) is 4.74 Å². The van der Waals surface area contributed by atoms with Gasteiger partial charge in [-0.1, -0.05) is 23.2 Å². The molecule has 2 N–H and O–H groups in total. The second kappa shape index (κ2) is 7.66. The van der Waals surface area contributed by atoms with Crippen LogP contribution in [0.5, 0.6) is 0 Å². The van der Waals surface area contributed by atoms with E-state index in [4.69, 9.17) is 27.9 Å². The zero-order valence-electron chi connectivity index (χ0n) is 11.2. The van der Waals surface area contributed by atoms with E-state index in [1.54, 1.807) is 36.6 Å². The molecule has 2 amide bonds. The summed E-state index contributed by atoms with van der Waals surface area (Å²) in [6.45, 7) is 0.375. The third kappa shape index (κ3) is 4.61. The molecule has 0 radical (unpaired) electrons. The number of hydrogen-bond acceptors (Lipinski definition) is 3. The largest absolute Gasteiger partial charge is 0.375 e. The molecule has 1 aromatic carbocycles. The van der Waals surface area contributed by atoms with Gasteiger partial charge >= 0.3 is 6.03 Å². The van der Waals surface area contributed by atoms with E-state index in [9.17, 15) is 4.79 Å². The Balaban J connectivity index is 1.88. The van der Waals surface area contributed by atoms with E-state index < -0.39 is 0 Å². The number of thiophene rings is 1. The molecule has 1 atom stereocenters. The summed E-state index contributed by atoms with van der Waals surface area (Å²) >= 11 is 13.3. The van der Waals surface area contributed by atoms with Crippen LogP contribution in [0.15, 0.2) is 35.0 Å². The van der Waals surface area contributed by atoms with E-state index in [1.807, 2.05) is 16.8 Å². The molecule has 4 nitrogen and oxygen atoms in total. The van der Waals surface area contributed by atoms with E-state index in [-0.39, 0.29) is 12.1 Å². The maximum Gasteiger partial charge on any atom is 0.319 e. The minimum absolute atomic E-state index is 0.171. The third-order valence-electron chi connectivity index (χ3n) is 2.82. The van der Waals surface area contributed by atoms with Crippen LogP contribution in [0.2, 0.25) is 10.0 Å². The Kier molecular flexibility index (Phi) is 5.87. The molecule has 0 aliphatic rings. The fourth-order valence-electron chi connectivity index (χ4n) is 1.73. The fourth-order valence-corrected chi connectivity index (χ4v) is 2.73. The first-order valence-corrected chi connectivity index (χ1v) is 7.85. The molecule has 0 bridgehead atoms. The Hall–Kier alpha value is -1.27. The number of benzene rings is 1. The number of halogens is 2. The van der Waals surface area contributed by atoms with Gasteiger partial charge in [0.15, 0.2) is 0 Å². The summed E-state index contributed by atoms with van der Waals surface area (Å²) in [7, 11) is 1.61. The summed E-state index contributed by atoms with van der Waals surface area (Å²) in [5.41, 5.74) is 1.61. The molecule has 0 unspecified atom stereocenters. The number of methoxy groups -OCH3 is 1. The first-order valence-electron chi connectivity index (χ1n) is 6.15. The van der Waals surface area contributed by atoms with Crippen molar-refractivity contribution in [2.45, 2.75) is 6.10 Å². The summed E-state index contributed by atoms with van der Waals surface area (Å²) in [6.07, 6.45) is -0.171. The molecular formula is C14H14Cl2N2O2S. The molecule has 0 fully saturated rings. The Labute approximate surface area is 137 Å². The number of amides is 2. The minimum atomic E-state index is -0.328. The van der Waals surface area contributed by atoms with Crippen LogP contribution in [0, 0.1) is 0 Å². The van der Waals surface area contributed by atoms with Gasteiger partial charge < -0.3 is 15.4 Å². The summed E-state index contributed by atoms with van der Waals surface area (Å²) in [5, 5.41) is 10.2. The SMILES string of the molecule is CO[C@H](CNC(=O)Nc1ccc(Cl)c(Cl)c1)c1ccsc1. The topological polar surface area (TPSA) is 50.4 Å². The van der Waals surface area contributed by atoms with Crippen LogP contribution >= 0.6 is 34.5 Å². The van der Waals surface area contributed by atoms with Gasteiger partial charge in [-0.25, -0.2) is 4.79 Å². The highest BCUT2D eigenvalue weighted by Crippen LogP contribution is 2.25. The molecule has 112 valence electrons. The van der Waals surface area contributed by atoms with Gasteiger partial charge in [-0.3, -0.25) is 0 Å². The van der Waals surface area contributed by atoms with Crippen molar-refractivity contribution in [2.24, 2.45) is 0 Å². The van der Waals surface area contributed by atoms with Crippen molar-refractivity contribution in [1.82, 2.24) is 5.32 Å². The van der Waals surface area contributed by atoms with Gasteiger partial charge in [0.1, 0.15) is 6.10 Å². The molecule has 0 aliphatic heterocycles. The lowest BCUT2D eigenvalue weighted by atomic mass is 10.2. The molecule has 2 aromatic rings. The molecule has 7 heteroatoms. The summed E-state index contributed by atoms with van der Waals surface area (Å²) in [6, 6.07) is 6.54. The number of carbonyl (C=O) groups excluding carboxylic acids is 1. The van der Waals surface area contributed by atoms with Crippen LogP contribution in [-0.4, -0.2) is 19.7 Å². The van der Waals surface area contributed by atoms with Crippen LogP contribution in [0.4, 0.5) is 10.5 Å². The number of anilines is 1. The monoisotopic (exact) mass is 344 g/mol. The van der Waals surface area contributed by atoms with Gasteiger partial charge in [-0.15, -0.1) is 0 Å². The maximum absolute atomic E-state index is 11.8. The number of hydrogen-bond donors (Lipinski definition) is 2. The number of ether oxygens (including phenoxy) is 1. The molecule has 0 spiro atoms. The van der Waals surface area contributed by atoms with E-state index in [2.05, 4.69) is 10.6 Å². The number of carbonyl (C=O) groups is 1. The standard InChI is InChI=1S/C14H14Cl2N2O2S/c1-20-13(9-4-5-21-8-9)7-17-14(19)18-10-2-3-11(15)12(16)6-10/h2-6,8,13H,7H2,1H3,(H2,17,18,19)/t13-/m1/s1. The second-order valence-electron chi connectivity index (χ2n) is 4.24. The Morgan fingerprint density at radius 1 is 1.33 bits per heavy atom. The first kappa shape index (κ1) is 16.1. The third-order valence-corrected chi connectivity index (χ3v) is 4.27. The lowest BCUT2D eigenvalue weighted by molar-refractivity contribution is 0.105. The predicted octanol–water partition coefficient (Wildman–Crippen LogP) is 4.56. The van der Waals surface area contributed by atoms with E-state index in [0.29, 0.717) is 22.3 Å². The van der Waals surface area contributed by atoms with Crippen LogP contribution in [0.1, 0.15) is 11.7 Å². The molecule has 0 aliphatic carbocycles. The van der Waals surface area contributed by atoms with Gasteiger partial charge in [-0.05, 0) is 40.6 Å². The summed E-state index contributed by atoms with van der Waals surface area (Å²) in [5.74, 6) is 0. The van der Waals surface area contributed by atoms with E-state index >= 15 is 0 Å². The summed E-state index contributed by atoms with van der Waals surface area (Å²) < 4.78 is 5.36. The highest BCUT2D eigenvalue weighted by molar-refractivity contribution is 7.07. The van der Waals surface area contributed by atoms with Crippen molar-refractivity contribution in [3.05, 3.63) is 50.6 Å². The lowest BCUT2D eigenvalue weighted by Gasteiger charge is -2.15. The van der Waals surface area contributed by atoms with Gasteiger partial charge in [0.05, 0.1) is 10.0 Å². The Morgan fingerprint density at radius 2 is 2.14 bits per heavy atom. The van der Waals surface area contributed by atoms with Crippen molar-refractivity contribution in [2.75, 3.05) is 19.0 Å². The molecule has 0 saturated carbocycles. The van der Waals surface area contributed by atoms with Gasteiger partial charge in [0.2, 0.25) is 0 Å². The van der Waals surface area contributed by atoms with Crippen LogP contribution < -0.4 is 10.6 Å². The number of rotatable bonds is 5. The van der Waals surface area contributed by atoms with E-state index in [1.165, 1.54) is 0 Å². The molecule has 1 heterocycles. The van der Waals surface area contributed by atoms with Crippen LogP contribution in [0.3, 0.4) is 0 Å². The zero-order chi connectivity index (χ0) is 15.2. The average Bonchev–Trinajstić information content (AvgIpc) is 2.98. The number of nitrogens with one attached hydrogen (secondary N) is 2. The van der Waals surface area contributed by atoms with Crippen molar-refractivity contribution in [3.8, 4) is 0 Å². The van der Waals surface area contributed by atoms with Crippen LogP contribution in [0.25, 0.3) is 0 Å². The smallest absolute Gasteiger partial charge is 0.319 e. The highest BCUT2D eigenvalue weighted by atomic mass is 35.5. The zero-order valence-corrected chi connectivity index (χ0v) is 13.6. The van der Waals surface area contributed by atoms with Crippen molar-refractivity contribution < 1.29 is 9.53 Å². The average molecular weight is 345 g/mol. The van der Waals surface area contributed by atoms with Crippen molar-refractivity contribution in [3.63, 3.8) is 0 Å². The van der Waals surface area contributed by atoms with Crippen molar-refractivity contribution >= 4 is 46.3 Å². The molecule has 1 aromatic heterocycles. The van der Waals surface area contributed by atoms with Crippen molar-refractivity contribution in [1.29, 1.82) is 0 Å². The second-order valence-corrected chi connectivity index (χ2v) is 5.84. The highest BCUT2D eigenvalue weighted by Gasteiger charge is 2.12. The van der Waals surface area contributed by atoms with E-state index in [0.717, 1.165) is 5.56 Å². The molecular weight excluding hydrogens is 331 g/mol. The quantitative estimate of drug-likeness (QED) is 0.834. The van der Waals surface area contributed by atoms with Gasteiger partial charge in [0.25, 0.3) is 0 Å². The maximum atomic E-state index is 11.8. The lowest BCUT2D eigenvalue weighted by Crippen LogP contribution is -2.32. The fraction of sp³-hybridized carbons (Fsp3) is 0.214. The van der Waals surface area contributed by atoms with Gasteiger partial charge in [-0.2, -0.15) is 11.3 Å². The predicted molar refractivity (Wildman–Crippen MR) is 87.6 cm³/mol. The minimum Gasteiger partial charge on any atom is -0.375 e. The molecule has 0 saturated heterocycles.